The third kappa shape index (κ3) is 7.46. The smallest absolute Gasteiger partial charge is 0.0131 e. The molecule has 0 radical (unpaired) electrons. The van der Waals surface area contributed by atoms with E-state index < -0.39 is 0 Å². The fourth-order valence-corrected chi connectivity index (χ4v) is 6.23. The summed E-state index contributed by atoms with van der Waals surface area (Å²) in [5.41, 5.74) is 6.63. The van der Waals surface area contributed by atoms with E-state index in [2.05, 4.69) is 90.1 Å². The largest absolute Gasteiger partial charge is 0.0630 e. The van der Waals surface area contributed by atoms with Crippen LogP contribution in [-0.2, 0) is 6.42 Å². The summed E-state index contributed by atoms with van der Waals surface area (Å²) in [5, 5.41) is 0. The summed E-state index contributed by atoms with van der Waals surface area (Å²) in [5.74, 6) is 5.44. The molecule has 4 unspecified atom stereocenters. The molecule has 0 aromatic heterocycles. The van der Waals surface area contributed by atoms with E-state index >= 15 is 0 Å². The lowest BCUT2D eigenvalue weighted by atomic mass is 9.68. The Morgan fingerprint density at radius 2 is 1.06 bits per heavy atom. The molecule has 2 fully saturated rings. The number of aryl methyl sites for hydroxylation is 1. The van der Waals surface area contributed by atoms with E-state index in [1.54, 1.807) is 22.3 Å². The van der Waals surface area contributed by atoms with Crippen molar-refractivity contribution in [2.75, 3.05) is 0 Å². The molecule has 0 N–H and O–H groups in total. The fourth-order valence-electron chi connectivity index (χ4n) is 6.23. The van der Waals surface area contributed by atoms with Gasteiger partial charge in [-0.25, -0.2) is 0 Å². The number of hydrogen-bond acceptors (Lipinski definition) is 0. The lowest BCUT2D eigenvalue weighted by molar-refractivity contribution is 0.275. The van der Waals surface area contributed by atoms with Crippen LogP contribution in [0.5, 0.6) is 0 Å². The van der Waals surface area contributed by atoms with Gasteiger partial charge in [0, 0.05) is 0 Å². The van der Waals surface area contributed by atoms with E-state index in [-0.39, 0.29) is 0 Å². The molecule has 0 spiro atoms. The van der Waals surface area contributed by atoms with Gasteiger partial charge in [-0.2, -0.15) is 0 Å². The second-order valence-corrected chi connectivity index (χ2v) is 12.2. The van der Waals surface area contributed by atoms with Crippen molar-refractivity contribution < 1.29 is 0 Å². The van der Waals surface area contributed by atoms with Crippen molar-refractivity contribution in [2.45, 2.75) is 117 Å². The summed E-state index contributed by atoms with van der Waals surface area (Å²) in [6.07, 6.45) is 13.0. The van der Waals surface area contributed by atoms with Gasteiger partial charge in [0.1, 0.15) is 0 Å². The second kappa shape index (κ2) is 12.8. The highest BCUT2D eigenvalue weighted by Gasteiger charge is 2.36. The molecule has 33 heavy (non-hydrogen) atoms. The van der Waals surface area contributed by atoms with Gasteiger partial charge in [0.15, 0.2) is 0 Å². The molecule has 182 valence electrons. The second-order valence-electron chi connectivity index (χ2n) is 12.2. The van der Waals surface area contributed by atoms with Crippen LogP contribution in [0.4, 0.5) is 0 Å². The van der Waals surface area contributed by atoms with Gasteiger partial charge in [0.05, 0.1) is 0 Å². The molecule has 0 heteroatoms. The summed E-state index contributed by atoms with van der Waals surface area (Å²) in [7, 11) is 0. The van der Waals surface area contributed by atoms with E-state index in [1.165, 1.54) is 57.8 Å². The number of rotatable bonds is 0. The van der Waals surface area contributed by atoms with Crippen molar-refractivity contribution in [2.24, 2.45) is 17.8 Å². The molecule has 2 bridgehead atoms. The van der Waals surface area contributed by atoms with Crippen molar-refractivity contribution in [3.8, 4) is 0 Å². The summed E-state index contributed by atoms with van der Waals surface area (Å²) in [6, 6.07) is 18.1. The lowest BCUT2D eigenvalue weighted by Crippen LogP contribution is -2.23. The third-order valence-electron chi connectivity index (χ3n) is 7.46. The van der Waals surface area contributed by atoms with Gasteiger partial charge in [0.25, 0.3) is 0 Å². The van der Waals surface area contributed by atoms with Crippen LogP contribution >= 0.6 is 0 Å². The van der Waals surface area contributed by atoms with E-state index in [1.807, 2.05) is 0 Å². The molecule has 2 saturated carbocycles. The van der Waals surface area contributed by atoms with Crippen LogP contribution in [0.25, 0.3) is 0 Å². The average Bonchev–Trinajstić information content (AvgIpc) is 3.42. The first-order valence-electron chi connectivity index (χ1n) is 14.0. The Hall–Kier alpha value is -1.56. The van der Waals surface area contributed by atoms with Crippen LogP contribution in [0.3, 0.4) is 0 Å². The Labute approximate surface area is 205 Å². The molecule has 6 rings (SSSR count). The SMILES string of the molecule is CC(C)C.CC(C)C.c1ccc2c(c1)C1CCC2C1.c1ccc2c(c1)CCC1CCCCC21. The highest BCUT2D eigenvalue weighted by Crippen LogP contribution is 2.52. The maximum Gasteiger partial charge on any atom is -0.0131 e. The van der Waals surface area contributed by atoms with E-state index in [9.17, 15) is 0 Å². The van der Waals surface area contributed by atoms with Gasteiger partial charge in [-0.1, -0.05) is 103 Å². The molecule has 4 aliphatic rings. The molecule has 4 atom stereocenters. The van der Waals surface area contributed by atoms with Crippen LogP contribution in [0.2, 0.25) is 0 Å². The summed E-state index contributed by atoms with van der Waals surface area (Å²) in [4.78, 5) is 0. The van der Waals surface area contributed by atoms with Crippen LogP contribution in [0.1, 0.15) is 133 Å². The quantitative estimate of drug-likeness (QED) is 0.377. The van der Waals surface area contributed by atoms with Crippen molar-refractivity contribution in [1.29, 1.82) is 0 Å². The maximum atomic E-state index is 2.37. The summed E-state index contributed by atoms with van der Waals surface area (Å²) in [6.45, 7) is 13.0. The molecule has 2 aromatic rings. The highest BCUT2D eigenvalue weighted by atomic mass is 14.4. The Balaban J connectivity index is 0.000000143. The van der Waals surface area contributed by atoms with Crippen LogP contribution in [-0.4, -0.2) is 0 Å². The zero-order valence-electron chi connectivity index (χ0n) is 22.4. The first kappa shape index (κ1) is 26.1. The highest BCUT2D eigenvalue weighted by molar-refractivity contribution is 5.40. The third-order valence-corrected chi connectivity index (χ3v) is 7.46. The molecule has 0 amide bonds. The monoisotopic (exact) mass is 446 g/mol. The zero-order chi connectivity index (χ0) is 23.8. The molecule has 0 saturated heterocycles. The van der Waals surface area contributed by atoms with E-state index in [0.717, 1.165) is 35.5 Å². The molecule has 0 nitrogen and oxygen atoms in total. The minimum atomic E-state index is 0.833. The minimum absolute atomic E-state index is 0.833. The fraction of sp³-hybridized carbons (Fsp3) is 0.636. The Morgan fingerprint density at radius 3 is 1.64 bits per heavy atom. The summed E-state index contributed by atoms with van der Waals surface area (Å²) >= 11 is 0. The number of fused-ring (bicyclic) bond motifs is 8. The minimum Gasteiger partial charge on any atom is -0.0630 e. The molecular formula is C33H50. The Bertz CT molecular complexity index is 789. The Kier molecular flexibility index (Phi) is 10.1. The van der Waals surface area contributed by atoms with Crippen LogP contribution in [0.15, 0.2) is 48.5 Å². The number of hydrogen-bond donors (Lipinski definition) is 0. The van der Waals surface area contributed by atoms with E-state index in [0.29, 0.717) is 0 Å². The van der Waals surface area contributed by atoms with Crippen molar-refractivity contribution in [3.05, 3.63) is 70.8 Å². The normalized spacial score (nSPS) is 25.9. The van der Waals surface area contributed by atoms with Gasteiger partial charge >= 0.3 is 0 Å². The molecule has 4 aliphatic carbocycles. The van der Waals surface area contributed by atoms with Gasteiger partial charge in [-0.15, -0.1) is 0 Å². The molecule has 2 aromatic carbocycles. The van der Waals surface area contributed by atoms with E-state index in [4.69, 9.17) is 0 Å². The predicted molar refractivity (Wildman–Crippen MR) is 146 cm³/mol. The van der Waals surface area contributed by atoms with Crippen LogP contribution in [0, 0.1) is 17.8 Å². The lowest BCUT2D eigenvalue weighted by Gasteiger charge is -2.37. The van der Waals surface area contributed by atoms with Crippen molar-refractivity contribution in [1.82, 2.24) is 0 Å². The Morgan fingerprint density at radius 1 is 0.576 bits per heavy atom. The van der Waals surface area contributed by atoms with Crippen molar-refractivity contribution >= 4 is 0 Å². The average molecular weight is 447 g/mol. The standard InChI is InChI=1S/C14H18.C11H12.2C4H10/c1-3-7-13-11(5-1)9-10-12-6-2-4-8-14(12)13;1-2-4-11-9-6-5-8(7-9)10(11)3-1;2*1-4(2)3/h1,3,5,7,12,14H,2,4,6,8-10H2;1-4,8-9H,5-7H2;2*4H,1-3H3. The topological polar surface area (TPSA) is 0 Å². The first-order valence-corrected chi connectivity index (χ1v) is 14.0. The van der Waals surface area contributed by atoms with Gasteiger partial charge < -0.3 is 0 Å². The van der Waals surface area contributed by atoms with Gasteiger partial charge in [0.2, 0.25) is 0 Å². The predicted octanol–water partition coefficient (Wildman–Crippen LogP) is 10.3. The maximum absolute atomic E-state index is 2.37. The zero-order valence-corrected chi connectivity index (χ0v) is 22.4. The van der Waals surface area contributed by atoms with Gasteiger partial charge in [-0.05, 0) is 103 Å². The molecule has 0 aliphatic heterocycles. The first-order chi connectivity index (χ1) is 15.9. The summed E-state index contributed by atoms with van der Waals surface area (Å²) < 4.78 is 0. The van der Waals surface area contributed by atoms with Crippen LogP contribution < -0.4 is 0 Å². The van der Waals surface area contributed by atoms with Gasteiger partial charge in [-0.3, -0.25) is 0 Å². The molecular weight excluding hydrogens is 396 g/mol. The molecule has 0 heterocycles. The van der Waals surface area contributed by atoms with Crippen molar-refractivity contribution in [3.63, 3.8) is 0 Å². The number of benzene rings is 2.